The highest BCUT2D eigenvalue weighted by molar-refractivity contribution is 7.13. The number of thiazole rings is 1. The lowest BCUT2D eigenvalue weighted by Gasteiger charge is -2.41. The molecular weight excluding hydrogens is 394 g/mol. The third-order valence-electron chi connectivity index (χ3n) is 6.08. The van der Waals surface area contributed by atoms with E-state index in [1.165, 1.54) is 5.56 Å². The quantitative estimate of drug-likeness (QED) is 0.622. The van der Waals surface area contributed by atoms with Crippen molar-refractivity contribution >= 4 is 22.4 Å². The van der Waals surface area contributed by atoms with Crippen molar-refractivity contribution < 1.29 is 4.79 Å². The van der Waals surface area contributed by atoms with Crippen LogP contribution in [-0.4, -0.2) is 45.2 Å². The van der Waals surface area contributed by atoms with Gasteiger partial charge in [-0.05, 0) is 38.3 Å². The number of amides is 1. The van der Waals surface area contributed by atoms with Crippen LogP contribution < -0.4 is 5.32 Å². The molecule has 3 heterocycles. The van der Waals surface area contributed by atoms with Crippen LogP contribution in [0.15, 0.2) is 48.0 Å². The predicted molar refractivity (Wildman–Crippen MR) is 121 cm³/mol. The minimum Gasteiger partial charge on any atom is -0.362 e. The van der Waals surface area contributed by atoms with Crippen molar-refractivity contribution in [2.75, 3.05) is 25.0 Å². The predicted octanol–water partition coefficient (Wildman–Crippen LogP) is 4.08. The van der Waals surface area contributed by atoms with E-state index in [4.69, 9.17) is 4.98 Å². The fourth-order valence-corrected chi connectivity index (χ4v) is 5.19. The molecule has 0 radical (unpaired) electrons. The Bertz CT molecular complexity index is 972. The van der Waals surface area contributed by atoms with Crippen LogP contribution >= 0.6 is 11.3 Å². The van der Waals surface area contributed by atoms with Crippen LogP contribution in [0.5, 0.6) is 0 Å². The molecular formula is C23H29N5OS. The molecule has 1 aromatic carbocycles. The van der Waals surface area contributed by atoms with Crippen LogP contribution in [0, 0.1) is 6.92 Å². The molecule has 0 aliphatic carbocycles. The lowest BCUT2D eigenvalue weighted by atomic mass is 9.70. The van der Waals surface area contributed by atoms with Gasteiger partial charge >= 0.3 is 0 Å². The zero-order valence-electron chi connectivity index (χ0n) is 17.7. The Morgan fingerprint density at radius 2 is 1.97 bits per heavy atom. The van der Waals surface area contributed by atoms with Gasteiger partial charge in [0.2, 0.25) is 5.91 Å². The zero-order chi connectivity index (χ0) is 21.0. The zero-order valence-corrected chi connectivity index (χ0v) is 18.5. The summed E-state index contributed by atoms with van der Waals surface area (Å²) in [5.74, 6) is 0.207. The number of benzene rings is 1. The van der Waals surface area contributed by atoms with Crippen molar-refractivity contribution in [3.8, 4) is 0 Å². The first-order valence-corrected chi connectivity index (χ1v) is 11.5. The van der Waals surface area contributed by atoms with E-state index in [1.54, 1.807) is 17.5 Å². The van der Waals surface area contributed by atoms with E-state index in [1.807, 2.05) is 22.6 Å². The van der Waals surface area contributed by atoms with Gasteiger partial charge in [-0.15, -0.1) is 11.3 Å². The first kappa shape index (κ1) is 20.6. The number of anilines is 1. The van der Waals surface area contributed by atoms with Gasteiger partial charge in [-0.25, -0.2) is 4.98 Å². The molecule has 0 unspecified atom stereocenters. The summed E-state index contributed by atoms with van der Waals surface area (Å²) in [6, 6.07) is 12.6. The summed E-state index contributed by atoms with van der Waals surface area (Å²) in [4.78, 5) is 19.8. The number of hydrogen-bond acceptors (Lipinski definition) is 5. The maximum atomic E-state index is 12.8. The van der Waals surface area contributed by atoms with E-state index in [0.29, 0.717) is 13.0 Å². The molecule has 2 aromatic heterocycles. The number of aromatic nitrogens is 3. The monoisotopic (exact) mass is 423 g/mol. The van der Waals surface area contributed by atoms with E-state index in [-0.39, 0.29) is 11.3 Å². The minimum absolute atomic E-state index is 0.138. The lowest BCUT2D eigenvalue weighted by Crippen LogP contribution is -2.46. The van der Waals surface area contributed by atoms with E-state index < -0.39 is 0 Å². The van der Waals surface area contributed by atoms with E-state index >= 15 is 0 Å². The Morgan fingerprint density at radius 3 is 2.63 bits per heavy atom. The SMILES string of the molecule is CCNc1nc(C2(c3ccccc3)CCN(C(=O)CCn3nccc3C)CC2)cs1. The van der Waals surface area contributed by atoms with Crippen molar-refractivity contribution in [3.63, 3.8) is 0 Å². The van der Waals surface area contributed by atoms with Gasteiger partial charge in [0.05, 0.1) is 5.69 Å². The summed E-state index contributed by atoms with van der Waals surface area (Å²) < 4.78 is 1.90. The highest BCUT2D eigenvalue weighted by Crippen LogP contribution is 2.42. The highest BCUT2D eigenvalue weighted by Gasteiger charge is 2.40. The van der Waals surface area contributed by atoms with Gasteiger partial charge in [0.25, 0.3) is 0 Å². The van der Waals surface area contributed by atoms with Gasteiger partial charge in [0, 0.05) is 55.3 Å². The topological polar surface area (TPSA) is 63.1 Å². The van der Waals surface area contributed by atoms with Crippen molar-refractivity contribution in [2.24, 2.45) is 0 Å². The summed E-state index contributed by atoms with van der Waals surface area (Å²) in [7, 11) is 0. The van der Waals surface area contributed by atoms with Gasteiger partial charge in [-0.2, -0.15) is 5.10 Å². The fourth-order valence-electron chi connectivity index (χ4n) is 4.31. The van der Waals surface area contributed by atoms with Crippen LogP contribution in [0.2, 0.25) is 0 Å². The fraction of sp³-hybridized carbons (Fsp3) is 0.435. The van der Waals surface area contributed by atoms with Gasteiger partial charge in [-0.3, -0.25) is 9.48 Å². The molecule has 1 aliphatic rings. The van der Waals surface area contributed by atoms with Crippen LogP contribution in [0.4, 0.5) is 5.13 Å². The Morgan fingerprint density at radius 1 is 1.20 bits per heavy atom. The molecule has 1 saturated heterocycles. The number of nitrogens with zero attached hydrogens (tertiary/aromatic N) is 4. The number of nitrogens with one attached hydrogen (secondary N) is 1. The summed E-state index contributed by atoms with van der Waals surface area (Å²) in [6.07, 6.45) is 4.05. The van der Waals surface area contributed by atoms with E-state index in [2.05, 4.69) is 53.1 Å². The summed E-state index contributed by atoms with van der Waals surface area (Å²) in [6.45, 7) is 7.10. The van der Waals surface area contributed by atoms with Crippen LogP contribution in [0.25, 0.3) is 0 Å². The summed E-state index contributed by atoms with van der Waals surface area (Å²) in [5, 5.41) is 10.8. The standard InChI is InChI=1S/C23H29N5OS/c1-3-24-22-26-20(17-30-22)23(19-7-5-4-6-8-19)11-15-27(16-12-23)21(29)10-14-28-18(2)9-13-25-28/h4-9,13,17H,3,10-12,14-16H2,1-2H3,(H,24,26). The Kier molecular flexibility index (Phi) is 6.18. The van der Waals surface area contributed by atoms with E-state index in [9.17, 15) is 4.79 Å². The highest BCUT2D eigenvalue weighted by atomic mass is 32.1. The molecule has 1 fully saturated rings. The second-order valence-electron chi connectivity index (χ2n) is 7.84. The molecule has 0 atom stereocenters. The van der Waals surface area contributed by atoms with Gasteiger partial charge < -0.3 is 10.2 Å². The van der Waals surface area contributed by atoms with E-state index in [0.717, 1.165) is 49.0 Å². The molecule has 4 rings (SSSR count). The number of hydrogen-bond donors (Lipinski definition) is 1. The molecule has 1 amide bonds. The Hall–Kier alpha value is -2.67. The van der Waals surface area contributed by atoms with Crippen molar-refractivity contribution in [1.29, 1.82) is 0 Å². The maximum Gasteiger partial charge on any atom is 0.224 e. The average Bonchev–Trinajstić information content (AvgIpc) is 3.42. The number of carbonyl (C=O) groups is 1. The molecule has 1 aliphatic heterocycles. The minimum atomic E-state index is -0.138. The second kappa shape index (κ2) is 9.00. The molecule has 0 bridgehead atoms. The normalized spacial score (nSPS) is 15.9. The van der Waals surface area contributed by atoms with Gasteiger partial charge in [0.1, 0.15) is 0 Å². The van der Waals surface area contributed by atoms with Crippen LogP contribution in [-0.2, 0) is 16.8 Å². The van der Waals surface area contributed by atoms with Gasteiger partial charge in [0.15, 0.2) is 5.13 Å². The lowest BCUT2D eigenvalue weighted by molar-refractivity contribution is -0.132. The molecule has 0 saturated carbocycles. The summed E-state index contributed by atoms with van der Waals surface area (Å²) >= 11 is 1.66. The van der Waals surface area contributed by atoms with Crippen LogP contribution in [0.1, 0.15) is 43.1 Å². The molecule has 7 heteroatoms. The van der Waals surface area contributed by atoms with Gasteiger partial charge in [-0.1, -0.05) is 30.3 Å². The molecule has 0 spiro atoms. The third-order valence-corrected chi connectivity index (χ3v) is 6.88. The van der Waals surface area contributed by atoms with Crippen LogP contribution in [0.3, 0.4) is 0 Å². The van der Waals surface area contributed by atoms with Crippen molar-refractivity contribution in [3.05, 3.63) is 64.9 Å². The number of piperidine rings is 1. The Balaban J connectivity index is 1.49. The first-order chi connectivity index (χ1) is 14.6. The number of likely N-dealkylation sites (tertiary alicyclic amines) is 1. The number of rotatable bonds is 7. The van der Waals surface area contributed by atoms with Crippen molar-refractivity contribution in [2.45, 2.75) is 45.1 Å². The smallest absolute Gasteiger partial charge is 0.224 e. The Labute approximate surface area is 181 Å². The maximum absolute atomic E-state index is 12.8. The molecule has 6 nitrogen and oxygen atoms in total. The average molecular weight is 424 g/mol. The second-order valence-corrected chi connectivity index (χ2v) is 8.70. The third kappa shape index (κ3) is 4.12. The molecule has 3 aromatic rings. The molecule has 30 heavy (non-hydrogen) atoms. The number of aryl methyl sites for hydroxylation is 2. The van der Waals surface area contributed by atoms with Crippen molar-refractivity contribution in [1.82, 2.24) is 19.7 Å². The summed E-state index contributed by atoms with van der Waals surface area (Å²) in [5.41, 5.74) is 3.36. The number of carbonyl (C=O) groups excluding carboxylic acids is 1. The largest absolute Gasteiger partial charge is 0.362 e. The molecule has 158 valence electrons. The first-order valence-electron chi connectivity index (χ1n) is 10.6. The molecule has 1 N–H and O–H groups in total.